The first-order valence-corrected chi connectivity index (χ1v) is 17.1. The standard InChI is InChI=1S/C34H65N3O10/c1-14-24-34(11,44)27(40)22(6)37(31(42)35-32(7,8)9)17-18(2)16-33(10,43)28(20(4)25(38)21(5)29(41)46-24)47-30-26(39)23(36(12)13)15-19(3)45-30/h18-28,30,38-40,43-44H,14-17H2,1-13H3,(H,35,42)/t18-,19-,20+,21-,22-,23+,24-,25+,26-,27-,28-,30+,33-,34-/m1/s1. The number of ether oxygens (including phenoxy) is 3. The number of urea groups is 1. The van der Waals surface area contributed by atoms with E-state index in [9.17, 15) is 35.1 Å². The largest absolute Gasteiger partial charge is 0.459 e. The molecule has 0 aromatic heterocycles. The highest BCUT2D eigenvalue weighted by Gasteiger charge is 2.50. The highest BCUT2D eigenvalue weighted by atomic mass is 16.7. The van der Waals surface area contributed by atoms with Gasteiger partial charge in [-0.3, -0.25) is 4.79 Å². The van der Waals surface area contributed by atoms with Crippen LogP contribution in [0.3, 0.4) is 0 Å². The van der Waals surface area contributed by atoms with E-state index in [4.69, 9.17) is 14.2 Å². The minimum atomic E-state index is -1.96. The second kappa shape index (κ2) is 16.0. The average Bonchev–Trinajstić information content (AvgIpc) is 2.94. The molecule has 276 valence electrons. The van der Waals surface area contributed by atoms with Gasteiger partial charge < -0.3 is 54.9 Å². The van der Waals surface area contributed by atoms with Crippen molar-refractivity contribution in [2.24, 2.45) is 17.8 Å². The van der Waals surface area contributed by atoms with Crippen LogP contribution in [-0.4, -0.2) is 140 Å². The Labute approximate surface area is 281 Å². The molecule has 2 fully saturated rings. The lowest BCUT2D eigenvalue weighted by atomic mass is 9.78. The first kappa shape index (κ1) is 41.6. The minimum Gasteiger partial charge on any atom is -0.459 e. The third kappa shape index (κ3) is 10.2. The Morgan fingerprint density at radius 3 is 2.15 bits per heavy atom. The molecule has 2 rings (SSSR count). The van der Waals surface area contributed by atoms with E-state index in [2.05, 4.69) is 5.32 Å². The van der Waals surface area contributed by atoms with Crippen LogP contribution in [0.15, 0.2) is 0 Å². The van der Waals surface area contributed by atoms with E-state index < -0.39 is 83.4 Å². The molecule has 0 unspecified atom stereocenters. The van der Waals surface area contributed by atoms with E-state index in [0.29, 0.717) is 6.42 Å². The van der Waals surface area contributed by atoms with Crippen LogP contribution in [0.2, 0.25) is 0 Å². The zero-order chi connectivity index (χ0) is 36.4. The van der Waals surface area contributed by atoms with Crippen molar-refractivity contribution in [1.29, 1.82) is 0 Å². The first-order valence-electron chi connectivity index (χ1n) is 17.1. The van der Waals surface area contributed by atoms with E-state index >= 15 is 0 Å². The zero-order valence-corrected chi connectivity index (χ0v) is 30.9. The number of amides is 2. The predicted molar refractivity (Wildman–Crippen MR) is 177 cm³/mol. The number of rotatable bonds is 4. The van der Waals surface area contributed by atoms with Gasteiger partial charge in [0, 0.05) is 24.0 Å². The zero-order valence-electron chi connectivity index (χ0n) is 30.9. The number of nitrogens with zero attached hydrogens (tertiary/aromatic N) is 2. The number of carbonyl (C=O) groups excluding carboxylic acids is 2. The normalized spacial score (nSPS) is 43.6. The second-order valence-electron chi connectivity index (χ2n) is 16.0. The molecular weight excluding hydrogens is 610 g/mol. The lowest BCUT2D eigenvalue weighted by Gasteiger charge is -2.46. The van der Waals surface area contributed by atoms with Crippen molar-refractivity contribution in [3.05, 3.63) is 0 Å². The Hall–Kier alpha value is -1.58. The molecule has 0 spiro atoms. The van der Waals surface area contributed by atoms with Crippen LogP contribution in [0.25, 0.3) is 0 Å². The molecule has 0 bridgehead atoms. The third-order valence-corrected chi connectivity index (χ3v) is 9.91. The molecule has 2 saturated heterocycles. The number of carbonyl (C=O) groups is 2. The SMILES string of the molecule is CC[C@H]1OC(=O)[C@H](C)[C@@H](O)[C@H](C)[C@@H](O[C@@H]2O[C@H](C)C[C@H](N(C)C)[C@H]2O)[C@](C)(O)C[C@@H](C)CN(C(=O)NC(C)(C)C)[C@H](C)[C@@H](O)[C@]1(C)O. The summed E-state index contributed by atoms with van der Waals surface area (Å²) in [5, 5.41) is 61.1. The highest BCUT2D eigenvalue weighted by Crippen LogP contribution is 2.36. The Bertz CT molecular complexity index is 1030. The first-order chi connectivity index (χ1) is 21.3. The smallest absolute Gasteiger partial charge is 0.318 e. The summed E-state index contributed by atoms with van der Waals surface area (Å²) in [6, 6.07) is -1.71. The fraction of sp³-hybridized carbons (Fsp3) is 0.941. The molecular formula is C34H65N3O10. The number of esters is 1. The van der Waals surface area contributed by atoms with Crippen LogP contribution in [0, 0.1) is 17.8 Å². The second-order valence-corrected chi connectivity index (χ2v) is 16.0. The molecule has 13 nitrogen and oxygen atoms in total. The molecule has 0 aromatic carbocycles. The van der Waals surface area contributed by atoms with Gasteiger partial charge in [0.15, 0.2) is 6.29 Å². The maximum Gasteiger partial charge on any atom is 0.318 e. The number of hydrogen-bond acceptors (Lipinski definition) is 11. The van der Waals surface area contributed by atoms with Gasteiger partial charge in [0.05, 0.1) is 35.9 Å². The molecule has 0 saturated carbocycles. The quantitative estimate of drug-likeness (QED) is 0.239. The van der Waals surface area contributed by atoms with Gasteiger partial charge in [0.2, 0.25) is 0 Å². The van der Waals surface area contributed by atoms with Gasteiger partial charge in [0.25, 0.3) is 0 Å². The van der Waals surface area contributed by atoms with Crippen molar-refractivity contribution in [2.45, 2.75) is 167 Å². The van der Waals surface area contributed by atoms with E-state index in [-0.39, 0.29) is 37.5 Å². The van der Waals surface area contributed by atoms with Crippen LogP contribution in [0.5, 0.6) is 0 Å². The summed E-state index contributed by atoms with van der Waals surface area (Å²) < 4.78 is 18.2. The van der Waals surface area contributed by atoms with Gasteiger partial charge in [0.1, 0.15) is 23.9 Å². The van der Waals surface area contributed by atoms with E-state index in [0.717, 1.165) is 0 Å². The van der Waals surface area contributed by atoms with Crippen molar-refractivity contribution >= 4 is 12.0 Å². The monoisotopic (exact) mass is 675 g/mol. The summed E-state index contributed by atoms with van der Waals surface area (Å²) in [4.78, 5) is 30.5. The van der Waals surface area contributed by atoms with E-state index in [1.54, 1.807) is 27.7 Å². The van der Waals surface area contributed by atoms with Crippen LogP contribution < -0.4 is 5.32 Å². The van der Waals surface area contributed by atoms with Gasteiger partial charge in [-0.1, -0.05) is 20.8 Å². The summed E-state index contributed by atoms with van der Waals surface area (Å²) in [6.45, 7) is 18.7. The topological polar surface area (TPSA) is 181 Å². The molecule has 0 aliphatic carbocycles. The Kier molecular flexibility index (Phi) is 14.1. The maximum atomic E-state index is 13.7. The summed E-state index contributed by atoms with van der Waals surface area (Å²) in [5.41, 5.74) is -4.23. The van der Waals surface area contributed by atoms with E-state index in [1.165, 1.54) is 18.7 Å². The number of aliphatic hydroxyl groups is 5. The van der Waals surface area contributed by atoms with Gasteiger partial charge >= 0.3 is 12.0 Å². The van der Waals surface area contributed by atoms with Crippen molar-refractivity contribution < 1.29 is 49.3 Å². The summed E-state index contributed by atoms with van der Waals surface area (Å²) in [6.07, 6.45) is -6.91. The Morgan fingerprint density at radius 1 is 1.06 bits per heavy atom. The molecule has 0 aromatic rings. The maximum absolute atomic E-state index is 13.7. The molecule has 47 heavy (non-hydrogen) atoms. The van der Waals surface area contributed by atoms with Crippen molar-refractivity contribution in [3.63, 3.8) is 0 Å². The number of likely N-dealkylation sites (N-methyl/N-ethyl adjacent to an activating group) is 1. The van der Waals surface area contributed by atoms with Gasteiger partial charge in [-0.25, -0.2) is 4.79 Å². The predicted octanol–water partition coefficient (Wildman–Crippen LogP) is 1.85. The molecule has 2 heterocycles. The van der Waals surface area contributed by atoms with Crippen LogP contribution >= 0.6 is 0 Å². The molecule has 2 aliphatic rings. The van der Waals surface area contributed by atoms with Crippen LogP contribution in [0.1, 0.15) is 95.4 Å². The molecule has 2 amide bonds. The minimum absolute atomic E-state index is 0.0686. The lowest BCUT2D eigenvalue weighted by Crippen LogP contribution is -2.62. The summed E-state index contributed by atoms with van der Waals surface area (Å²) >= 11 is 0. The summed E-state index contributed by atoms with van der Waals surface area (Å²) in [7, 11) is 3.70. The van der Waals surface area contributed by atoms with Gasteiger partial charge in [-0.2, -0.15) is 0 Å². The van der Waals surface area contributed by atoms with Crippen LogP contribution in [0.4, 0.5) is 4.79 Å². The number of cyclic esters (lactones) is 1. The molecule has 14 atom stereocenters. The fourth-order valence-electron chi connectivity index (χ4n) is 7.17. The van der Waals surface area contributed by atoms with Crippen LogP contribution in [-0.2, 0) is 19.0 Å². The Morgan fingerprint density at radius 2 is 1.64 bits per heavy atom. The van der Waals surface area contributed by atoms with Gasteiger partial charge in [-0.15, -0.1) is 0 Å². The van der Waals surface area contributed by atoms with E-state index in [1.807, 2.05) is 53.6 Å². The fourth-order valence-corrected chi connectivity index (χ4v) is 7.17. The number of hydrogen-bond donors (Lipinski definition) is 6. The Balaban J connectivity index is 2.66. The molecule has 2 aliphatic heterocycles. The highest BCUT2D eigenvalue weighted by molar-refractivity contribution is 5.75. The summed E-state index contributed by atoms with van der Waals surface area (Å²) in [5.74, 6) is -3.19. The average molecular weight is 676 g/mol. The van der Waals surface area contributed by atoms with Crippen molar-refractivity contribution in [1.82, 2.24) is 15.1 Å². The van der Waals surface area contributed by atoms with Crippen molar-refractivity contribution in [2.75, 3.05) is 20.6 Å². The molecule has 0 radical (unpaired) electrons. The van der Waals surface area contributed by atoms with Gasteiger partial charge in [-0.05, 0) is 94.7 Å². The molecule has 13 heteroatoms. The third-order valence-electron chi connectivity index (χ3n) is 9.91. The molecule has 6 N–H and O–H groups in total. The van der Waals surface area contributed by atoms with Crippen molar-refractivity contribution in [3.8, 4) is 0 Å². The number of aliphatic hydroxyl groups excluding tert-OH is 3. The lowest BCUT2D eigenvalue weighted by molar-refractivity contribution is -0.299. The number of nitrogens with one attached hydrogen (secondary N) is 1.